The number of aromatic amines is 1. The number of anilines is 2. The van der Waals surface area contributed by atoms with E-state index in [0.29, 0.717) is 0 Å². The summed E-state index contributed by atoms with van der Waals surface area (Å²) in [4.78, 5) is 41.4. The molecule has 0 saturated heterocycles. The lowest BCUT2D eigenvalue weighted by atomic mass is 10.1. The zero-order valence-electron chi connectivity index (χ0n) is 15.4. The van der Waals surface area contributed by atoms with Gasteiger partial charge in [0.2, 0.25) is 11.7 Å². The molecule has 0 spiro atoms. The summed E-state index contributed by atoms with van der Waals surface area (Å²) < 4.78 is 42.8. The molecule has 3 aromatic rings. The van der Waals surface area contributed by atoms with E-state index in [-0.39, 0.29) is 23.1 Å². The Morgan fingerprint density at radius 2 is 1.77 bits per heavy atom. The normalized spacial score (nSPS) is 12.2. The molecule has 31 heavy (non-hydrogen) atoms. The molecule has 2 aromatic heterocycles. The monoisotopic (exact) mass is 437 g/mol. The minimum atomic E-state index is -4.50. The van der Waals surface area contributed by atoms with Crippen LogP contribution in [-0.2, 0) is 11.0 Å². The Morgan fingerprint density at radius 3 is 2.32 bits per heavy atom. The molecule has 0 saturated carbocycles. The van der Waals surface area contributed by atoms with Gasteiger partial charge in [0.25, 0.3) is 0 Å². The molecule has 1 aromatic carbocycles. The highest BCUT2D eigenvalue weighted by atomic mass is 19.4. The summed E-state index contributed by atoms with van der Waals surface area (Å²) >= 11 is 0. The van der Waals surface area contributed by atoms with E-state index in [1.165, 1.54) is 12.3 Å². The fraction of sp³-hybridized carbons (Fsp3) is 0.111. The Morgan fingerprint density at radius 1 is 1.10 bits per heavy atom. The lowest BCUT2D eigenvalue weighted by Crippen LogP contribution is -2.23. The molecule has 0 aliphatic carbocycles. The number of nitrogens with zero attached hydrogens (tertiary/aromatic N) is 1. The maximum absolute atomic E-state index is 12.6. The minimum absolute atomic E-state index is 0.0244. The molecule has 2 heterocycles. The number of alkyl halides is 3. The molecule has 3 rings (SSSR count). The van der Waals surface area contributed by atoms with Crippen molar-refractivity contribution in [2.24, 2.45) is 5.73 Å². The number of aromatic nitrogens is 2. The summed E-state index contributed by atoms with van der Waals surface area (Å²) in [7, 11) is 0. The molecule has 0 aliphatic heterocycles. The van der Waals surface area contributed by atoms with E-state index in [9.17, 15) is 27.6 Å². The Labute approximate surface area is 171 Å². The Bertz CT molecular complexity index is 1120. The number of carbonyl (C=O) groups excluding carboxylic acids is 2. The van der Waals surface area contributed by atoms with Gasteiger partial charge in [-0.05, 0) is 36.4 Å². The van der Waals surface area contributed by atoms with Crippen molar-refractivity contribution in [3.8, 4) is 0 Å². The van der Waals surface area contributed by atoms with Crippen LogP contribution in [0.1, 0.15) is 33.6 Å². The van der Waals surface area contributed by atoms with Crippen LogP contribution in [0.25, 0.3) is 0 Å². The fourth-order valence-electron chi connectivity index (χ4n) is 2.61. The molecule has 1 unspecified atom stereocenters. The van der Waals surface area contributed by atoms with Gasteiger partial charge < -0.3 is 25.6 Å². The zero-order chi connectivity index (χ0) is 22.8. The van der Waals surface area contributed by atoms with Crippen molar-refractivity contribution in [1.29, 1.82) is 0 Å². The molecule has 3 amide bonds. The average Bonchev–Trinajstić information content (AvgIpc) is 3.32. The second kappa shape index (κ2) is 8.22. The van der Waals surface area contributed by atoms with Gasteiger partial charge in [-0.1, -0.05) is 0 Å². The number of primary amides is 1. The van der Waals surface area contributed by atoms with Crippen molar-refractivity contribution >= 4 is 29.4 Å². The predicted octanol–water partition coefficient (Wildman–Crippen LogP) is 2.98. The largest absolute Gasteiger partial charge is 0.475 e. The fourth-order valence-corrected chi connectivity index (χ4v) is 2.61. The van der Waals surface area contributed by atoms with Crippen LogP contribution in [0, 0.1) is 0 Å². The smallest absolute Gasteiger partial charge is 0.416 e. The Hall–Kier alpha value is -4.29. The van der Waals surface area contributed by atoms with Crippen molar-refractivity contribution in [1.82, 2.24) is 9.97 Å². The number of H-pyrrole nitrogens is 1. The third kappa shape index (κ3) is 5.01. The maximum Gasteiger partial charge on any atom is 0.416 e. The zero-order valence-corrected chi connectivity index (χ0v) is 15.4. The number of aromatic carboxylic acids is 1. The molecular weight excluding hydrogens is 423 g/mol. The summed E-state index contributed by atoms with van der Waals surface area (Å²) in [6.45, 7) is 0. The first kappa shape index (κ1) is 21.4. The number of hydrogen-bond donors (Lipinski definition) is 5. The van der Waals surface area contributed by atoms with Crippen LogP contribution in [0.15, 0.2) is 47.0 Å². The number of rotatable bonds is 6. The quantitative estimate of drug-likeness (QED) is 0.398. The van der Waals surface area contributed by atoms with E-state index >= 15 is 0 Å². The van der Waals surface area contributed by atoms with Crippen molar-refractivity contribution in [3.63, 3.8) is 0 Å². The number of carboxylic acid groups (broad SMARTS) is 1. The molecule has 0 aliphatic rings. The number of halogens is 3. The molecule has 162 valence electrons. The standard InChI is InChI=1S/C18H14F3N5O5/c19-18(20,21)8-1-3-9(4-2-8)24-17(30)26-12-7-23-15(25-12)13(14(22)27)10-5-6-11(31-10)16(28)29/h1-7,13H,(H2,22,27)(H,23,25)(H,28,29)(H2,24,26,30). The lowest BCUT2D eigenvalue weighted by molar-refractivity contribution is -0.137. The highest BCUT2D eigenvalue weighted by molar-refractivity contribution is 5.99. The van der Waals surface area contributed by atoms with Gasteiger partial charge in [0.05, 0.1) is 11.8 Å². The number of carboxylic acids is 1. The van der Waals surface area contributed by atoms with Crippen LogP contribution in [0.3, 0.4) is 0 Å². The number of nitrogens with one attached hydrogen (secondary N) is 3. The third-order valence-electron chi connectivity index (χ3n) is 3.99. The number of urea groups is 1. The number of nitrogens with two attached hydrogens (primary N) is 1. The summed E-state index contributed by atoms with van der Waals surface area (Å²) in [5.74, 6) is -3.93. The van der Waals surface area contributed by atoms with Gasteiger partial charge in [-0.3, -0.25) is 10.1 Å². The summed E-state index contributed by atoms with van der Waals surface area (Å²) in [6.07, 6.45) is -3.33. The van der Waals surface area contributed by atoms with Crippen molar-refractivity contribution in [2.75, 3.05) is 10.6 Å². The van der Waals surface area contributed by atoms with Gasteiger partial charge in [-0.15, -0.1) is 0 Å². The summed E-state index contributed by atoms with van der Waals surface area (Å²) in [5, 5.41) is 13.6. The van der Waals surface area contributed by atoms with E-state index in [1.54, 1.807) is 0 Å². The van der Waals surface area contributed by atoms with Crippen LogP contribution in [0.5, 0.6) is 0 Å². The van der Waals surface area contributed by atoms with Gasteiger partial charge in [-0.25, -0.2) is 14.6 Å². The first-order valence-electron chi connectivity index (χ1n) is 8.47. The van der Waals surface area contributed by atoms with Crippen molar-refractivity contribution < 1.29 is 37.1 Å². The number of hydrogen-bond acceptors (Lipinski definition) is 5. The maximum atomic E-state index is 12.6. The van der Waals surface area contributed by atoms with E-state index in [4.69, 9.17) is 15.3 Å². The Balaban J connectivity index is 1.69. The van der Waals surface area contributed by atoms with E-state index < -0.39 is 41.3 Å². The van der Waals surface area contributed by atoms with Gasteiger partial charge in [-0.2, -0.15) is 13.2 Å². The lowest BCUT2D eigenvalue weighted by Gasteiger charge is -2.09. The van der Waals surface area contributed by atoms with Gasteiger partial charge in [0.1, 0.15) is 17.4 Å². The van der Waals surface area contributed by atoms with Crippen LogP contribution in [0.4, 0.5) is 29.5 Å². The van der Waals surface area contributed by atoms with Crippen LogP contribution in [-0.4, -0.2) is 33.0 Å². The van der Waals surface area contributed by atoms with Crippen LogP contribution in [0.2, 0.25) is 0 Å². The van der Waals surface area contributed by atoms with Gasteiger partial charge in [0, 0.05) is 5.69 Å². The SMILES string of the molecule is NC(=O)C(c1ncc(NC(=O)Nc2ccc(C(F)(F)F)cc2)[nH]1)c1ccc(C(=O)O)o1. The molecule has 13 heteroatoms. The number of furan rings is 1. The molecule has 0 radical (unpaired) electrons. The minimum Gasteiger partial charge on any atom is -0.475 e. The highest BCUT2D eigenvalue weighted by Gasteiger charge is 2.30. The Kier molecular flexibility index (Phi) is 5.68. The molecule has 0 fully saturated rings. The van der Waals surface area contributed by atoms with E-state index in [0.717, 1.165) is 30.3 Å². The predicted molar refractivity (Wildman–Crippen MR) is 99.4 cm³/mol. The number of imidazole rings is 1. The van der Waals surface area contributed by atoms with E-state index in [1.807, 2.05) is 0 Å². The van der Waals surface area contributed by atoms with Crippen molar-refractivity contribution in [2.45, 2.75) is 12.1 Å². The molecule has 10 nitrogen and oxygen atoms in total. The van der Waals surface area contributed by atoms with Crippen LogP contribution < -0.4 is 16.4 Å². The number of carbonyl (C=O) groups is 3. The van der Waals surface area contributed by atoms with Gasteiger partial charge in [0.15, 0.2) is 5.92 Å². The van der Waals surface area contributed by atoms with Gasteiger partial charge >= 0.3 is 18.2 Å². The second-order valence-corrected chi connectivity index (χ2v) is 6.18. The highest BCUT2D eigenvalue weighted by Crippen LogP contribution is 2.30. The second-order valence-electron chi connectivity index (χ2n) is 6.18. The van der Waals surface area contributed by atoms with Crippen LogP contribution >= 0.6 is 0 Å². The average molecular weight is 437 g/mol. The molecular formula is C18H14F3N5O5. The number of amides is 3. The van der Waals surface area contributed by atoms with E-state index in [2.05, 4.69) is 20.6 Å². The third-order valence-corrected chi connectivity index (χ3v) is 3.99. The molecule has 1 atom stereocenters. The number of benzene rings is 1. The first-order valence-corrected chi connectivity index (χ1v) is 8.47. The summed E-state index contributed by atoms with van der Waals surface area (Å²) in [6, 6.07) is 5.41. The molecule has 0 bridgehead atoms. The molecule has 6 N–H and O–H groups in total. The van der Waals surface area contributed by atoms with Crippen molar-refractivity contribution in [3.05, 3.63) is 65.5 Å². The topological polar surface area (TPSA) is 163 Å². The first-order chi connectivity index (χ1) is 14.5. The summed E-state index contributed by atoms with van der Waals surface area (Å²) in [5.41, 5.74) is 4.60.